The van der Waals surface area contributed by atoms with Crippen LogP contribution >= 0.6 is 0 Å². The maximum absolute atomic E-state index is 14.1. The summed E-state index contributed by atoms with van der Waals surface area (Å²) in [6.45, 7) is 4.03. The summed E-state index contributed by atoms with van der Waals surface area (Å²) in [4.78, 5) is 11.9. The van der Waals surface area contributed by atoms with Crippen molar-refractivity contribution in [3.05, 3.63) is 89.0 Å². The summed E-state index contributed by atoms with van der Waals surface area (Å²) in [7, 11) is 0. The van der Waals surface area contributed by atoms with Gasteiger partial charge in [0.05, 0.1) is 11.8 Å². The summed E-state index contributed by atoms with van der Waals surface area (Å²) in [5.74, 6) is -0.673. The highest BCUT2D eigenvalue weighted by Gasteiger charge is 2.27. The van der Waals surface area contributed by atoms with Crippen molar-refractivity contribution >= 4 is 11.6 Å². The number of halogens is 2. The third-order valence-corrected chi connectivity index (χ3v) is 5.74. The third kappa shape index (κ3) is 6.35. The van der Waals surface area contributed by atoms with E-state index in [1.165, 1.54) is 12.1 Å². The quantitative estimate of drug-likeness (QED) is 0.418. The molecular weight excluding hydrogens is 454 g/mol. The van der Waals surface area contributed by atoms with Crippen LogP contribution in [-0.2, 0) is 17.8 Å². The number of ether oxygens (including phenoxy) is 2. The van der Waals surface area contributed by atoms with Crippen LogP contribution in [-0.4, -0.2) is 29.7 Å². The van der Waals surface area contributed by atoms with E-state index in [0.717, 1.165) is 11.6 Å². The molecule has 0 aliphatic carbocycles. The molecule has 0 fully saturated rings. The first-order valence-electron chi connectivity index (χ1n) is 11.3. The van der Waals surface area contributed by atoms with Crippen LogP contribution < -0.4 is 20.1 Å². The highest BCUT2D eigenvalue weighted by Crippen LogP contribution is 2.39. The summed E-state index contributed by atoms with van der Waals surface area (Å²) >= 11 is 0. The summed E-state index contributed by atoms with van der Waals surface area (Å²) in [5.41, 5.74) is 1.63. The molecule has 8 heteroatoms. The van der Waals surface area contributed by atoms with E-state index >= 15 is 0 Å². The number of carbonyl (C=O) groups excluding carboxylic acids is 1. The molecule has 0 saturated carbocycles. The molecule has 0 spiro atoms. The van der Waals surface area contributed by atoms with Crippen molar-refractivity contribution in [1.29, 1.82) is 0 Å². The number of fused-ring (bicyclic) bond motifs is 1. The fourth-order valence-electron chi connectivity index (χ4n) is 3.96. The average molecular weight is 483 g/mol. The summed E-state index contributed by atoms with van der Waals surface area (Å²) < 4.78 is 38.9. The molecule has 0 saturated heterocycles. The molecule has 1 unspecified atom stereocenters. The molecule has 3 aromatic carbocycles. The van der Waals surface area contributed by atoms with Gasteiger partial charge in [-0.25, -0.2) is 8.78 Å². The fourth-order valence-corrected chi connectivity index (χ4v) is 3.96. The molecule has 1 atom stereocenters. The van der Waals surface area contributed by atoms with Crippen LogP contribution in [0.3, 0.4) is 0 Å². The first-order chi connectivity index (χ1) is 16.7. The molecule has 1 heterocycles. The molecule has 1 aliphatic rings. The minimum Gasteiger partial charge on any atom is -0.489 e. The molecule has 0 aromatic heterocycles. The van der Waals surface area contributed by atoms with Crippen molar-refractivity contribution in [2.24, 2.45) is 0 Å². The van der Waals surface area contributed by atoms with Gasteiger partial charge in [-0.15, -0.1) is 0 Å². The van der Waals surface area contributed by atoms with Crippen molar-refractivity contribution in [3.63, 3.8) is 0 Å². The summed E-state index contributed by atoms with van der Waals surface area (Å²) in [5, 5.41) is 17.0. The SMILES string of the molecule is CC(C)(Cc1ccc(F)cc1F)NCC(O)c1cc(OCc2ccccc2)cc2c1OCC(=O)N2. The van der Waals surface area contributed by atoms with Crippen LogP contribution in [0.4, 0.5) is 14.5 Å². The van der Waals surface area contributed by atoms with E-state index in [4.69, 9.17) is 9.47 Å². The molecular formula is C27H28F2N2O4. The minimum atomic E-state index is -1.00. The maximum Gasteiger partial charge on any atom is 0.262 e. The standard InChI is InChI=1S/C27H28F2N2O4/c1-27(2,13-18-8-9-19(28)10-22(18)29)30-14-24(32)21-11-20(34-15-17-6-4-3-5-7-17)12-23-26(21)35-16-25(33)31-23/h3-12,24,30,32H,13-16H2,1-2H3,(H,31,33). The molecule has 184 valence electrons. The number of hydrogen-bond donors (Lipinski definition) is 3. The average Bonchev–Trinajstić information content (AvgIpc) is 2.83. The third-order valence-electron chi connectivity index (χ3n) is 5.74. The van der Waals surface area contributed by atoms with Crippen LogP contribution in [0.1, 0.15) is 36.6 Å². The Labute approximate surface area is 202 Å². The second kappa shape index (κ2) is 10.4. The number of rotatable bonds is 9. The van der Waals surface area contributed by atoms with Crippen molar-refractivity contribution < 1.29 is 28.2 Å². The van der Waals surface area contributed by atoms with Crippen molar-refractivity contribution in [3.8, 4) is 11.5 Å². The topological polar surface area (TPSA) is 79.8 Å². The predicted octanol–water partition coefficient (Wildman–Crippen LogP) is 4.52. The van der Waals surface area contributed by atoms with Gasteiger partial charge < -0.3 is 25.2 Å². The van der Waals surface area contributed by atoms with Crippen LogP contribution in [0.2, 0.25) is 0 Å². The van der Waals surface area contributed by atoms with Gasteiger partial charge in [0.2, 0.25) is 0 Å². The smallest absolute Gasteiger partial charge is 0.262 e. The first-order valence-corrected chi connectivity index (χ1v) is 11.3. The number of β-amino-alcohol motifs (C(OH)–C–C–N with tert-alkyl or cyclic N) is 1. The molecule has 0 bridgehead atoms. The zero-order valence-corrected chi connectivity index (χ0v) is 19.6. The largest absolute Gasteiger partial charge is 0.489 e. The molecule has 3 N–H and O–H groups in total. The molecule has 35 heavy (non-hydrogen) atoms. The number of anilines is 1. The fraction of sp³-hybridized carbons (Fsp3) is 0.296. The van der Waals surface area contributed by atoms with Crippen LogP contribution in [0.5, 0.6) is 11.5 Å². The van der Waals surface area contributed by atoms with Gasteiger partial charge in [0.1, 0.15) is 29.7 Å². The molecule has 4 rings (SSSR count). The Balaban J connectivity index is 1.49. The Hall–Kier alpha value is -3.49. The Morgan fingerprint density at radius 3 is 2.66 bits per heavy atom. The first kappa shape index (κ1) is 24.6. The number of aliphatic hydroxyl groups is 1. The second-order valence-corrected chi connectivity index (χ2v) is 9.19. The zero-order chi connectivity index (χ0) is 25.0. The highest BCUT2D eigenvalue weighted by molar-refractivity contribution is 5.96. The van der Waals surface area contributed by atoms with Crippen LogP contribution in [0, 0.1) is 11.6 Å². The minimum absolute atomic E-state index is 0.127. The van der Waals surface area contributed by atoms with Gasteiger partial charge in [0.25, 0.3) is 5.91 Å². The van der Waals surface area contributed by atoms with Gasteiger partial charge >= 0.3 is 0 Å². The number of hydrogen-bond acceptors (Lipinski definition) is 5. The Morgan fingerprint density at radius 1 is 1.14 bits per heavy atom. The monoisotopic (exact) mass is 482 g/mol. The van der Waals surface area contributed by atoms with Gasteiger partial charge in [0.15, 0.2) is 6.61 Å². The Kier molecular flexibility index (Phi) is 7.33. The van der Waals surface area contributed by atoms with E-state index in [-0.39, 0.29) is 25.5 Å². The van der Waals surface area contributed by atoms with Gasteiger partial charge in [-0.3, -0.25) is 4.79 Å². The number of amides is 1. The lowest BCUT2D eigenvalue weighted by Crippen LogP contribution is -2.43. The number of aliphatic hydroxyl groups excluding tert-OH is 1. The molecule has 1 amide bonds. The van der Waals surface area contributed by atoms with Crippen molar-refractivity contribution in [1.82, 2.24) is 5.32 Å². The predicted molar refractivity (Wildman–Crippen MR) is 128 cm³/mol. The lowest BCUT2D eigenvalue weighted by molar-refractivity contribution is -0.118. The van der Waals surface area contributed by atoms with Gasteiger partial charge in [-0.1, -0.05) is 36.4 Å². The molecule has 1 aliphatic heterocycles. The second-order valence-electron chi connectivity index (χ2n) is 9.19. The van der Waals surface area contributed by atoms with E-state index in [1.807, 2.05) is 44.2 Å². The van der Waals surface area contributed by atoms with E-state index in [2.05, 4.69) is 10.6 Å². The molecule has 3 aromatic rings. The van der Waals surface area contributed by atoms with Gasteiger partial charge in [-0.2, -0.15) is 0 Å². The van der Waals surface area contributed by atoms with E-state index in [1.54, 1.807) is 12.1 Å². The molecule has 6 nitrogen and oxygen atoms in total. The van der Waals surface area contributed by atoms with Crippen molar-refractivity contribution in [2.45, 2.75) is 38.5 Å². The Morgan fingerprint density at radius 2 is 1.91 bits per heavy atom. The molecule has 0 radical (unpaired) electrons. The van der Waals surface area contributed by atoms with Gasteiger partial charge in [0, 0.05) is 29.8 Å². The Bertz CT molecular complexity index is 1200. The summed E-state index contributed by atoms with van der Waals surface area (Å²) in [6.07, 6.45) is -0.715. The van der Waals surface area contributed by atoms with Gasteiger partial charge in [-0.05, 0) is 43.5 Å². The maximum atomic E-state index is 14.1. The normalized spacial score (nSPS) is 14.0. The van der Waals surface area contributed by atoms with Crippen LogP contribution in [0.25, 0.3) is 0 Å². The highest BCUT2D eigenvalue weighted by atomic mass is 19.1. The van der Waals surface area contributed by atoms with E-state index < -0.39 is 23.3 Å². The number of nitrogens with one attached hydrogen (secondary N) is 2. The summed E-state index contributed by atoms with van der Waals surface area (Å²) in [6, 6.07) is 16.5. The number of carbonyl (C=O) groups is 1. The van der Waals surface area contributed by atoms with E-state index in [9.17, 15) is 18.7 Å². The lowest BCUT2D eigenvalue weighted by atomic mass is 9.94. The van der Waals surface area contributed by atoms with Crippen molar-refractivity contribution in [2.75, 3.05) is 18.5 Å². The zero-order valence-electron chi connectivity index (χ0n) is 19.6. The van der Waals surface area contributed by atoms with Crippen LogP contribution in [0.15, 0.2) is 60.7 Å². The van der Waals surface area contributed by atoms with E-state index in [0.29, 0.717) is 34.9 Å². The lowest BCUT2D eigenvalue weighted by Gasteiger charge is -2.29. The number of benzene rings is 3.